The topological polar surface area (TPSA) is 65.2 Å². The van der Waals surface area contributed by atoms with Crippen LogP contribution in [-0.2, 0) is 4.74 Å². The van der Waals surface area contributed by atoms with Crippen LogP contribution in [0.15, 0.2) is 42.6 Å². The highest BCUT2D eigenvalue weighted by molar-refractivity contribution is 6.32. The summed E-state index contributed by atoms with van der Waals surface area (Å²) >= 11 is 5.85. The second kappa shape index (κ2) is 5.71. The number of hydrogen-bond acceptors (Lipinski definition) is 4. The first-order valence-electron chi connectivity index (χ1n) is 5.75. The first kappa shape index (κ1) is 13.4. The lowest BCUT2D eigenvalue weighted by atomic mass is 10.1. The zero-order valence-electron chi connectivity index (χ0n) is 10.3. The third-order valence-electron chi connectivity index (χ3n) is 2.63. The van der Waals surface area contributed by atoms with Gasteiger partial charge in [-0.1, -0.05) is 41.9 Å². The minimum Gasteiger partial charge on any atom is -0.454 e. The van der Waals surface area contributed by atoms with E-state index < -0.39 is 5.97 Å². The highest BCUT2D eigenvalue weighted by Gasteiger charge is 2.17. The van der Waals surface area contributed by atoms with E-state index in [2.05, 4.69) is 4.98 Å². The van der Waals surface area contributed by atoms with Crippen LogP contribution in [0.25, 0.3) is 0 Å². The number of halogens is 1. The smallest absolute Gasteiger partial charge is 0.341 e. The molecule has 4 nitrogen and oxygen atoms in total. The number of carbonyl (C=O) groups is 1. The molecule has 1 heterocycles. The van der Waals surface area contributed by atoms with Crippen LogP contribution in [0, 0.1) is 0 Å². The summed E-state index contributed by atoms with van der Waals surface area (Å²) in [5.74, 6) is -0.541. The van der Waals surface area contributed by atoms with Gasteiger partial charge in [-0.2, -0.15) is 0 Å². The zero-order chi connectivity index (χ0) is 13.8. The molecule has 2 N–H and O–H groups in total. The van der Waals surface area contributed by atoms with Crippen molar-refractivity contribution >= 4 is 23.3 Å². The van der Waals surface area contributed by atoms with Crippen molar-refractivity contribution in [2.24, 2.45) is 0 Å². The lowest BCUT2D eigenvalue weighted by Gasteiger charge is -2.14. The molecule has 19 heavy (non-hydrogen) atoms. The van der Waals surface area contributed by atoms with Gasteiger partial charge >= 0.3 is 5.97 Å². The van der Waals surface area contributed by atoms with E-state index in [1.54, 1.807) is 6.92 Å². The monoisotopic (exact) mass is 276 g/mol. The van der Waals surface area contributed by atoms with Crippen molar-refractivity contribution in [3.05, 3.63) is 58.9 Å². The fourth-order valence-corrected chi connectivity index (χ4v) is 1.80. The number of nitrogen functional groups attached to an aromatic ring is 1. The molecule has 0 saturated carbocycles. The number of anilines is 1. The Labute approximate surface area is 116 Å². The van der Waals surface area contributed by atoms with Crippen LogP contribution in [0.1, 0.15) is 28.9 Å². The van der Waals surface area contributed by atoms with Crippen molar-refractivity contribution in [3.63, 3.8) is 0 Å². The Hall–Kier alpha value is -2.07. The normalized spacial score (nSPS) is 11.9. The molecular formula is C14H13ClN2O2. The van der Waals surface area contributed by atoms with Gasteiger partial charge in [0.25, 0.3) is 0 Å². The second-order valence-corrected chi connectivity index (χ2v) is 4.42. The largest absolute Gasteiger partial charge is 0.454 e. The highest BCUT2D eigenvalue weighted by Crippen LogP contribution is 2.22. The van der Waals surface area contributed by atoms with E-state index in [9.17, 15) is 4.79 Å². The van der Waals surface area contributed by atoms with Crippen molar-refractivity contribution in [2.45, 2.75) is 13.0 Å². The molecule has 0 radical (unpaired) electrons. The Morgan fingerprint density at radius 1 is 1.37 bits per heavy atom. The molecular weight excluding hydrogens is 264 g/mol. The quantitative estimate of drug-likeness (QED) is 0.690. The van der Waals surface area contributed by atoms with Crippen LogP contribution in [0.2, 0.25) is 5.15 Å². The van der Waals surface area contributed by atoms with Crippen LogP contribution < -0.4 is 5.73 Å². The van der Waals surface area contributed by atoms with Gasteiger partial charge in [-0.15, -0.1) is 0 Å². The van der Waals surface area contributed by atoms with Gasteiger partial charge < -0.3 is 10.5 Å². The summed E-state index contributed by atoms with van der Waals surface area (Å²) in [6.07, 6.45) is 1.02. The number of nitrogens with zero attached hydrogens (tertiary/aromatic N) is 1. The molecule has 0 aliphatic rings. The summed E-state index contributed by atoms with van der Waals surface area (Å²) in [6, 6.07) is 10.9. The summed E-state index contributed by atoms with van der Waals surface area (Å²) in [7, 11) is 0. The molecule has 1 atom stereocenters. The van der Waals surface area contributed by atoms with Gasteiger partial charge in [0.15, 0.2) is 0 Å². The first-order valence-corrected chi connectivity index (χ1v) is 6.12. The molecule has 1 aromatic heterocycles. The van der Waals surface area contributed by atoms with Crippen LogP contribution in [0.5, 0.6) is 0 Å². The molecule has 2 aromatic rings. The first-order chi connectivity index (χ1) is 9.08. The average molecular weight is 277 g/mol. The van der Waals surface area contributed by atoms with Crippen molar-refractivity contribution in [2.75, 3.05) is 5.73 Å². The zero-order valence-corrected chi connectivity index (χ0v) is 11.1. The fourth-order valence-electron chi connectivity index (χ4n) is 1.62. The SMILES string of the molecule is CC(OC(=O)c1cc(N)cnc1Cl)c1ccccc1. The molecule has 0 saturated heterocycles. The van der Waals surface area contributed by atoms with Gasteiger partial charge in [0, 0.05) is 0 Å². The van der Waals surface area contributed by atoms with E-state index in [0.29, 0.717) is 5.69 Å². The Morgan fingerprint density at radius 2 is 2.05 bits per heavy atom. The number of esters is 1. The van der Waals surface area contributed by atoms with E-state index in [1.807, 2.05) is 30.3 Å². The maximum atomic E-state index is 12.0. The fraction of sp³-hybridized carbons (Fsp3) is 0.143. The van der Waals surface area contributed by atoms with Gasteiger partial charge in [0.1, 0.15) is 11.3 Å². The summed E-state index contributed by atoms with van der Waals surface area (Å²) in [5, 5.41) is 0.0828. The van der Waals surface area contributed by atoms with Gasteiger partial charge in [-0.3, -0.25) is 0 Å². The molecule has 0 bridgehead atoms. The molecule has 0 aliphatic carbocycles. The molecule has 1 unspecified atom stereocenters. The third-order valence-corrected chi connectivity index (χ3v) is 2.93. The number of hydrogen-bond donors (Lipinski definition) is 1. The number of benzene rings is 1. The molecule has 98 valence electrons. The maximum Gasteiger partial charge on any atom is 0.341 e. The average Bonchev–Trinajstić information content (AvgIpc) is 2.42. The van der Waals surface area contributed by atoms with Crippen molar-refractivity contribution in [1.82, 2.24) is 4.98 Å². The van der Waals surface area contributed by atoms with Crippen molar-refractivity contribution in [3.8, 4) is 0 Å². The Balaban J connectivity index is 2.15. The predicted octanol–water partition coefficient (Wildman–Crippen LogP) is 3.24. The van der Waals surface area contributed by atoms with Gasteiger partial charge in [-0.05, 0) is 18.6 Å². The van der Waals surface area contributed by atoms with Gasteiger partial charge in [0.2, 0.25) is 0 Å². The highest BCUT2D eigenvalue weighted by atomic mass is 35.5. The molecule has 2 rings (SSSR count). The minimum atomic E-state index is -0.541. The summed E-state index contributed by atoms with van der Waals surface area (Å²) < 4.78 is 5.34. The molecule has 0 amide bonds. The predicted molar refractivity (Wildman–Crippen MR) is 73.9 cm³/mol. The number of ether oxygens (including phenoxy) is 1. The lowest BCUT2D eigenvalue weighted by molar-refractivity contribution is 0.0337. The van der Waals surface area contributed by atoms with Crippen LogP contribution in [0.4, 0.5) is 5.69 Å². The summed E-state index contributed by atoms with van der Waals surface area (Å²) in [5.41, 5.74) is 7.02. The number of carbonyl (C=O) groups excluding carboxylic acids is 1. The van der Waals surface area contributed by atoms with E-state index in [0.717, 1.165) is 5.56 Å². The number of rotatable bonds is 3. The number of aromatic nitrogens is 1. The van der Waals surface area contributed by atoms with Gasteiger partial charge in [0.05, 0.1) is 17.4 Å². The Morgan fingerprint density at radius 3 is 2.74 bits per heavy atom. The molecule has 5 heteroatoms. The molecule has 0 aliphatic heterocycles. The second-order valence-electron chi connectivity index (χ2n) is 4.07. The van der Waals surface area contributed by atoms with E-state index in [4.69, 9.17) is 22.1 Å². The minimum absolute atomic E-state index is 0.0828. The Bertz CT molecular complexity index is 587. The molecule has 0 fully saturated rings. The van der Waals surface area contributed by atoms with E-state index >= 15 is 0 Å². The van der Waals surface area contributed by atoms with Crippen molar-refractivity contribution in [1.29, 1.82) is 0 Å². The van der Waals surface area contributed by atoms with Crippen LogP contribution in [-0.4, -0.2) is 11.0 Å². The van der Waals surface area contributed by atoms with Crippen molar-refractivity contribution < 1.29 is 9.53 Å². The molecule has 0 spiro atoms. The third kappa shape index (κ3) is 3.23. The molecule has 1 aromatic carbocycles. The Kier molecular flexibility index (Phi) is 4.02. The standard InChI is InChI=1S/C14H13ClN2O2/c1-9(10-5-3-2-4-6-10)19-14(18)12-7-11(16)8-17-13(12)15/h2-9H,16H2,1H3. The lowest BCUT2D eigenvalue weighted by Crippen LogP contribution is -2.10. The van der Waals surface area contributed by atoms with E-state index in [-0.39, 0.29) is 16.8 Å². The summed E-state index contributed by atoms with van der Waals surface area (Å²) in [4.78, 5) is 15.8. The van der Waals surface area contributed by atoms with Crippen LogP contribution in [0.3, 0.4) is 0 Å². The summed E-state index contributed by atoms with van der Waals surface area (Å²) in [6.45, 7) is 1.79. The number of pyridine rings is 1. The van der Waals surface area contributed by atoms with Gasteiger partial charge in [-0.25, -0.2) is 9.78 Å². The maximum absolute atomic E-state index is 12.0. The number of nitrogens with two attached hydrogens (primary N) is 1. The van der Waals surface area contributed by atoms with Crippen LogP contribution >= 0.6 is 11.6 Å². The van der Waals surface area contributed by atoms with E-state index in [1.165, 1.54) is 12.3 Å².